The molecule has 0 aliphatic rings. The minimum absolute atomic E-state index is 0.366. The zero-order valence-electron chi connectivity index (χ0n) is 23.1. The molecular weight excluding hydrogens is 509 g/mol. The Morgan fingerprint density at radius 1 is 0.763 bits per heavy atom. The summed E-state index contributed by atoms with van der Waals surface area (Å²) in [7, 11) is -1.76. The maximum Gasteiger partial charge on any atom is 0.338 e. The number of thioether (sulfide) groups is 1. The smallest absolute Gasteiger partial charge is 0.338 e. The minimum atomic E-state index is -1.76. The lowest BCUT2D eigenvalue weighted by Crippen LogP contribution is -2.39. The van der Waals surface area contributed by atoms with Gasteiger partial charge in [-0.3, -0.25) is 0 Å². The Labute approximate surface area is 231 Å². The molecule has 0 radical (unpaired) electrons. The van der Waals surface area contributed by atoms with Crippen LogP contribution in [-0.4, -0.2) is 32.0 Å². The molecule has 0 N–H and O–H groups in total. The molecule has 0 atom stereocenters. The lowest BCUT2D eigenvalue weighted by Gasteiger charge is -2.25. The van der Waals surface area contributed by atoms with Crippen LogP contribution in [0.3, 0.4) is 0 Å². The van der Waals surface area contributed by atoms with Crippen molar-refractivity contribution in [1.82, 2.24) is 0 Å². The van der Waals surface area contributed by atoms with Crippen molar-refractivity contribution >= 4 is 37.0 Å². The molecule has 0 aliphatic heterocycles. The Morgan fingerprint density at radius 3 is 1.61 bits per heavy atom. The molecule has 0 spiro atoms. The van der Waals surface area contributed by atoms with Crippen molar-refractivity contribution in [2.75, 3.05) is 12.0 Å². The maximum absolute atomic E-state index is 11.9. The third-order valence-electron chi connectivity index (χ3n) is 6.08. The van der Waals surface area contributed by atoms with Gasteiger partial charge in [-0.1, -0.05) is 74.4 Å². The topological polar surface area (TPSA) is 52.6 Å². The summed E-state index contributed by atoms with van der Waals surface area (Å²) in [6, 6.07) is 20.1. The second-order valence-electron chi connectivity index (χ2n) is 10.4. The Bertz CT molecular complexity index is 1350. The van der Waals surface area contributed by atoms with Crippen LogP contribution in [0.2, 0.25) is 19.6 Å². The van der Waals surface area contributed by atoms with Gasteiger partial charge in [-0.15, -0.1) is 0 Å². The van der Waals surface area contributed by atoms with Gasteiger partial charge >= 0.3 is 11.9 Å². The Balaban J connectivity index is 2.08. The van der Waals surface area contributed by atoms with Crippen LogP contribution in [0.1, 0.15) is 19.4 Å². The van der Waals surface area contributed by atoms with Gasteiger partial charge in [-0.2, -0.15) is 11.8 Å². The first kappa shape index (κ1) is 29.2. The zero-order valence-corrected chi connectivity index (χ0v) is 25.0. The summed E-state index contributed by atoms with van der Waals surface area (Å²) >= 11 is 1.82. The van der Waals surface area contributed by atoms with Crippen LogP contribution in [0.5, 0.6) is 11.5 Å². The quantitative estimate of drug-likeness (QED) is 0.115. The molecule has 3 aromatic rings. The number of carbonyl (C=O) groups is 2. The highest BCUT2D eigenvalue weighted by Gasteiger charge is 2.24. The molecule has 0 aliphatic carbocycles. The fourth-order valence-corrected chi connectivity index (χ4v) is 6.01. The number of hydrogen-bond acceptors (Lipinski definition) is 5. The summed E-state index contributed by atoms with van der Waals surface area (Å²) in [5.74, 6) is 1.15. The molecule has 0 amide bonds. The first-order valence-electron chi connectivity index (χ1n) is 12.5. The summed E-state index contributed by atoms with van der Waals surface area (Å²) < 4.78 is 10.8. The van der Waals surface area contributed by atoms with E-state index in [2.05, 4.69) is 51.2 Å². The number of carbonyl (C=O) groups excluding carboxylic acids is 2. The summed E-state index contributed by atoms with van der Waals surface area (Å²) in [6.45, 7) is 17.6. The highest BCUT2D eigenvalue weighted by atomic mass is 32.2. The van der Waals surface area contributed by atoms with Crippen molar-refractivity contribution in [2.45, 2.75) is 39.9 Å². The predicted octanol–water partition coefficient (Wildman–Crippen LogP) is 7.43. The predicted molar refractivity (Wildman–Crippen MR) is 163 cm³/mol. The molecular formula is C32H36O4SSi. The Kier molecular flexibility index (Phi) is 9.58. The maximum atomic E-state index is 11.9. The average Bonchev–Trinajstić information content (AvgIpc) is 2.87. The summed E-state index contributed by atoms with van der Waals surface area (Å²) in [4.78, 5) is 23.8. The molecule has 3 rings (SSSR count). The van der Waals surface area contributed by atoms with E-state index in [1.807, 2.05) is 60.3 Å². The van der Waals surface area contributed by atoms with E-state index < -0.39 is 20.0 Å². The molecule has 0 saturated carbocycles. The standard InChI is InChI=1S/C32H36O4SSi/c1-21(2)31(33)35-26-13-9-23(10-14-26)28-20-30(38(6,7)8)29(19-25(28)17-18-37-5)24-11-15-27(16-12-24)36-32(34)22(3)4/h9-16,19-20H,1,3,17-18H2,2,4-8H3. The van der Waals surface area contributed by atoms with Gasteiger partial charge in [0.25, 0.3) is 0 Å². The zero-order chi connectivity index (χ0) is 28.0. The van der Waals surface area contributed by atoms with Gasteiger partial charge in [-0.05, 0) is 84.4 Å². The SMILES string of the molecule is C=C(C)C(=O)Oc1ccc(-c2cc([Si](C)(C)C)c(-c3ccc(OC(=O)C(=C)C)cc3)cc2CCSC)cc1. The van der Waals surface area contributed by atoms with Crippen LogP contribution in [-0.2, 0) is 16.0 Å². The van der Waals surface area contributed by atoms with Crippen molar-refractivity contribution in [1.29, 1.82) is 0 Å². The highest BCUT2D eigenvalue weighted by molar-refractivity contribution is 7.98. The van der Waals surface area contributed by atoms with Gasteiger partial charge in [0, 0.05) is 11.1 Å². The number of aryl methyl sites for hydroxylation is 1. The second kappa shape index (κ2) is 12.5. The van der Waals surface area contributed by atoms with Gasteiger partial charge in [0.2, 0.25) is 0 Å². The van der Waals surface area contributed by atoms with Gasteiger partial charge in [0.05, 0.1) is 8.07 Å². The third-order valence-corrected chi connectivity index (χ3v) is 8.72. The van der Waals surface area contributed by atoms with Crippen molar-refractivity contribution in [3.05, 3.63) is 90.5 Å². The fraction of sp³-hybridized carbons (Fsp3) is 0.250. The van der Waals surface area contributed by atoms with Crippen LogP contribution in [0.15, 0.2) is 85.0 Å². The highest BCUT2D eigenvalue weighted by Crippen LogP contribution is 2.32. The van der Waals surface area contributed by atoms with Crippen LogP contribution >= 0.6 is 11.8 Å². The molecule has 38 heavy (non-hydrogen) atoms. The lowest BCUT2D eigenvalue weighted by atomic mass is 9.93. The molecule has 198 valence electrons. The molecule has 4 nitrogen and oxygen atoms in total. The van der Waals surface area contributed by atoms with E-state index in [1.165, 1.54) is 21.9 Å². The van der Waals surface area contributed by atoms with Crippen LogP contribution in [0.25, 0.3) is 22.3 Å². The first-order valence-corrected chi connectivity index (χ1v) is 17.4. The normalized spacial score (nSPS) is 11.1. The van der Waals surface area contributed by atoms with E-state index in [0.717, 1.165) is 23.3 Å². The van der Waals surface area contributed by atoms with Crippen LogP contribution in [0, 0.1) is 0 Å². The van der Waals surface area contributed by atoms with E-state index in [-0.39, 0.29) is 0 Å². The van der Waals surface area contributed by atoms with Crippen LogP contribution < -0.4 is 14.7 Å². The van der Waals surface area contributed by atoms with Gasteiger partial charge in [0.1, 0.15) is 11.5 Å². The molecule has 6 heteroatoms. The lowest BCUT2D eigenvalue weighted by molar-refractivity contribution is -0.130. The fourth-order valence-electron chi connectivity index (χ4n) is 3.98. The van der Waals surface area contributed by atoms with Crippen molar-refractivity contribution in [3.63, 3.8) is 0 Å². The molecule has 0 heterocycles. The number of esters is 2. The van der Waals surface area contributed by atoms with E-state index in [4.69, 9.17) is 9.47 Å². The molecule has 0 bridgehead atoms. The number of ether oxygens (including phenoxy) is 2. The molecule has 0 saturated heterocycles. The summed E-state index contributed by atoms with van der Waals surface area (Å²) in [5.41, 5.74) is 6.59. The molecule has 0 unspecified atom stereocenters. The number of benzene rings is 3. The van der Waals surface area contributed by atoms with E-state index in [1.54, 1.807) is 13.8 Å². The molecule has 0 aromatic heterocycles. The first-order chi connectivity index (χ1) is 17.9. The number of hydrogen-bond donors (Lipinski definition) is 0. The molecule has 3 aromatic carbocycles. The third kappa shape index (κ3) is 7.36. The van der Waals surface area contributed by atoms with Crippen molar-refractivity contribution in [3.8, 4) is 33.8 Å². The molecule has 0 fully saturated rings. The Morgan fingerprint density at radius 2 is 1.21 bits per heavy atom. The van der Waals surface area contributed by atoms with Gasteiger partial charge in [0.15, 0.2) is 0 Å². The van der Waals surface area contributed by atoms with Gasteiger partial charge in [-0.25, -0.2) is 9.59 Å². The number of rotatable bonds is 10. The van der Waals surface area contributed by atoms with Crippen LogP contribution in [0.4, 0.5) is 0 Å². The Hall–Kier alpha value is -3.35. The van der Waals surface area contributed by atoms with E-state index in [9.17, 15) is 9.59 Å². The van der Waals surface area contributed by atoms with E-state index in [0.29, 0.717) is 22.6 Å². The second-order valence-corrected chi connectivity index (χ2v) is 16.5. The average molecular weight is 545 g/mol. The largest absolute Gasteiger partial charge is 0.423 e. The van der Waals surface area contributed by atoms with Crippen molar-refractivity contribution in [2.24, 2.45) is 0 Å². The summed E-state index contributed by atoms with van der Waals surface area (Å²) in [6.07, 6.45) is 3.04. The van der Waals surface area contributed by atoms with E-state index >= 15 is 0 Å². The minimum Gasteiger partial charge on any atom is -0.423 e. The summed E-state index contributed by atoms with van der Waals surface area (Å²) in [5, 5.41) is 1.35. The monoisotopic (exact) mass is 544 g/mol. The van der Waals surface area contributed by atoms with Gasteiger partial charge < -0.3 is 9.47 Å². The van der Waals surface area contributed by atoms with Crippen molar-refractivity contribution < 1.29 is 19.1 Å².